The summed E-state index contributed by atoms with van der Waals surface area (Å²) in [7, 11) is -0.724. The van der Waals surface area contributed by atoms with E-state index in [4.69, 9.17) is 4.74 Å². The molecule has 0 unspecified atom stereocenters. The van der Waals surface area contributed by atoms with Gasteiger partial charge in [-0.15, -0.1) is 0 Å². The summed E-state index contributed by atoms with van der Waals surface area (Å²) in [6.07, 6.45) is 2.92. The van der Waals surface area contributed by atoms with E-state index in [1.165, 1.54) is 29.1 Å². The fourth-order valence-corrected chi connectivity index (χ4v) is 5.35. The van der Waals surface area contributed by atoms with E-state index in [9.17, 15) is 23.2 Å². The third kappa shape index (κ3) is 6.95. The van der Waals surface area contributed by atoms with Crippen molar-refractivity contribution in [2.24, 2.45) is 0 Å². The molecule has 0 radical (unpaired) electrons. The van der Waals surface area contributed by atoms with Crippen LogP contribution in [0.5, 0.6) is 0 Å². The fraction of sp³-hybridized carbons (Fsp3) is 0.269. The number of carbonyl (C=O) groups is 2. The molecule has 190 valence electrons. The first-order valence-electron chi connectivity index (χ1n) is 11.3. The molecule has 0 saturated heterocycles. The Bertz CT molecular complexity index is 1260. The number of ether oxygens (including phenoxy) is 1. The molecule has 0 aliphatic rings. The van der Waals surface area contributed by atoms with Gasteiger partial charge < -0.3 is 19.9 Å². The van der Waals surface area contributed by atoms with Crippen molar-refractivity contribution in [3.8, 4) is 0 Å². The summed E-state index contributed by atoms with van der Waals surface area (Å²) in [5, 5.41) is 5.25. The normalized spacial score (nSPS) is 12.2. The molecule has 7 nitrogen and oxygen atoms in total. The van der Waals surface area contributed by atoms with Gasteiger partial charge in [0.15, 0.2) is 5.43 Å². The number of nitrogens with zero attached hydrogens (tertiary/aromatic N) is 1. The largest absolute Gasteiger partial charge is 0.380 e. The number of nitrogens with one attached hydrogen (secondary N) is 2. The topological polar surface area (TPSA) is 89.4 Å². The standard InChI is InChI=1S/C26H29F2N3O4Si/c1-35-16-17-5-7-18(8-6-17)24(30-23(33)15-31-11-9-20(32)10-12-31)26(34)29-19-13-21(27)25(22(28)14-19)36(2,3)4/h5-14,24H,15-16H2,1-4H3,(H,29,34)(H,30,33)/t24-/m1/s1. The van der Waals surface area contributed by atoms with Gasteiger partial charge in [-0.1, -0.05) is 43.9 Å². The number of hydrogen-bond donors (Lipinski definition) is 2. The van der Waals surface area contributed by atoms with E-state index in [1.54, 1.807) is 31.4 Å². The van der Waals surface area contributed by atoms with Gasteiger partial charge in [-0.2, -0.15) is 0 Å². The monoisotopic (exact) mass is 513 g/mol. The van der Waals surface area contributed by atoms with Crippen LogP contribution in [0.4, 0.5) is 14.5 Å². The van der Waals surface area contributed by atoms with Crippen LogP contribution in [0.25, 0.3) is 0 Å². The average Bonchev–Trinajstić information content (AvgIpc) is 2.78. The molecule has 3 aromatic rings. The summed E-state index contributed by atoms with van der Waals surface area (Å²) in [6.45, 7) is 5.72. The molecule has 2 N–H and O–H groups in total. The highest BCUT2D eigenvalue weighted by atomic mass is 28.3. The first-order valence-corrected chi connectivity index (χ1v) is 14.8. The Balaban J connectivity index is 1.86. The van der Waals surface area contributed by atoms with Gasteiger partial charge in [0.1, 0.15) is 24.2 Å². The molecule has 0 saturated carbocycles. The second-order valence-electron chi connectivity index (χ2n) is 9.44. The highest BCUT2D eigenvalue weighted by Crippen LogP contribution is 2.20. The van der Waals surface area contributed by atoms with Crippen LogP contribution in [0, 0.1) is 11.6 Å². The molecule has 3 rings (SSSR count). The Morgan fingerprint density at radius 2 is 1.58 bits per heavy atom. The summed E-state index contributed by atoms with van der Waals surface area (Å²) in [5.41, 5.74) is 1.10. The number of halogens is 2. The van der Waals surface area contributed by atoms with E-state index < -0.39 is 37.6 Å². The molecule has 2 aromatic carbocycles. The first kappa shape index (κ1) is 27.0. The van der Waals surface area contributed by atoms with Gasteiger partial charge in [-0.3, -0.25) is 14.4 Å². The molecule has 10 heteroatoms. The molecule has 1 atom stereocenters. The maximum absolute atomic E-state index is 14.7. The third-order valence-corrected chi connectivity index (χ3v) is 7.42. The SMILES string of the molecule is COCc1ccc([C@@H](NC(=O)Cn2ccc(=O)cc2)C(=O)Nc2cc(F)c([Si](C)(C)C)c(F)c2)cc1. The minimum absolute atomic E-state index is 0.0485. The van der Waals surface area contributed by atoms with Crippen molar-refractivity contribution in [3.05, 3.63) is 93.9 Å². The zero-order valence-electron chi connectivity index (χ0n) is 20.6. The maximum atomic E-state index is 14.7. The number of aromatic nitrogens is 1. The van der Waals surface area contributed by atoms with Crippen molar-refractivity contribution in [2.45, 2.75) is 38.8 Å². The molecular formula is C26H29F2N3O4Si. The molecule has 0 bridgehead atoms. The Morgan fingerprint density at radius 3 is 2.11 bits per heavy atom. The lowest BCUT2D eigenvalue weighted by Gasteiger charge is -2.22. The van der Waals surface area contributed by atoms with Crippen molar-refractivity contribution in [2.75, 3.05) is 12.4 Å². The van der Waals surface area contributed by atoms with Crippen LogP contribution in [0.1, 0.15) is 17.2 Å². The Morgan fingerprint density at radius 1 is 1.00 bits per heavy atom. The van der Waals surface area contributed by atoms with Gasteiger partial charge in [0.2, 0.25) is 5.91 Å². The van der Waals surface area contributed by atoms with Crippen molar-refractivity contribution in [3.63, 3.8) is 0 Å². The van der Waals surface area contributed by atoms with Crippen LogP contribution >= 0.6 is 0 Å². The number of hydrogen-bond acceptors (Lipinski definition) is 4. The van der Waals surface area contributed by atoms with Crippen molar-refractivity contribution in [1.29, 1.82) is 0 Å². The van der Waals surface area contributed by atoms with Gasteiger partial charge in [0.25, 0.3) is 5.91 Å². The Kier molecular flexibility index (Phi) is 8.54. The fourth-order valence-electron chi connectivity index (χ4n) is 3.77. The molecule has 1 aromatic heterocycles. The minimum atomic E-state index is -2.29. The predicted octanol–water partition coefficient (Wildman–Crippen LogP) is 3.31. The summed E-state index contributed by atoms with van der Waals surface area (Å²) >= 11 is 0. The van der Waals surface area contributed by atoms with Crippen molar-refractivity contribution >= 4 is 30.8 Å². The van der Waals surface area contributed by atoms with E-state index >= 15 is 0 Å². The molecule has 0 aliphatic carbocycles. The zero-order chi connectivity index (χ0) is 26.5. The quantitative estimate of drug-likeness (QED) is 0.430. The molecule has 0 spiro atoms. The predicted molar refractivity (Wildman–Crippen MR) is 137 cm³/mol. The zero-order valence-corrected chi connectivity index (χ0v) is 21.6. The Labute approximate surface area is 209 Å². The van der Waals surface area contributed by atoms with E-state index in [-0.39, 0.29) is 22.8 Å². The van der Waals surface area contributed by atoms with E-state index in [1.807, 2.05) is 19.6 Å². The summed E-state index contributed by atoms with van der Waals surface area (Å²) in [5.74, 6) is -2.59. The van der Waals surface area contributed by atoms with Gasteiger partial charge in [-0.25, -0.2) is 8.78 Å². The molecule has 0 fully saturated rings. The smallest absolute Gasteiger partial charge is 0.251 e. The van der Waals surface area contributed by atoms with Crippen molar-refractivity contribution < 1.29 is 23.1 Å². The van der Waals surface area contributed by atoms with Crippen LogP contribution in [0.3, 0.4) is 0 Å². The lowest BCUT2D eigenvalue weighted by molar-refractivity contribution is -0.127. The van der Waals surface area contributed by atoms with Crippen LogP contribution < -0.4 is 21.2 Å². The van der Waals surface area contributed by atoms with Crippen LogP contribution in [0.15, 0.2) is 65.7 Å². The molecule has 0 aliphatic heterocycles. The first-order chi connectivity index (χ1) is 17.0. The number of benzene rings is 2. The van der Waals surface area contributed by atoms with Gasteiger partial charge in [0.05, 0.1) is 14.7 Å². The highest BCUT2D eigenvalue weighted by Gasteiger charge is 2.27. The molecular weight excluding hydrogens is 484 g/mol. The number of methoxy groups -OCH3 is 1. The highest BCUT2D eigenvalue weighted by molar-refractivity contribution is 6.88. The molecule has 1 heterocycles. The van der Waals surface area contributed by atoms with E-state index in [0.29, 0.717) is 12.2 Å². The summed E-state index contributed by atoms with van der Waals surface area (Å²) in [4.78, 5) is 37.3. The van der Waals surface area contributed by atoms with E-state index in [0.717, 1.165) is 17.7 Å². The average molecular weight is 514 g/mol. The van der Waals surface area contributed by atoms with Crippen LogP contribution in [-0.4, -0.2) is 31.6 Å². The molecule has 2 amide bonds. The van der Waals surface area contributed by atoms with Gasteiger partial charge >= 0.3 is 0 Å². The van der Waals surface area contributed by atoms with Crippen LogP contribution in [-0.2, 0) is 27.5 Å². The number of carbonyl (C=O) groups excluding carboxylic acids is 2. The Hall–Kier alpha value is -3.63. The summed E-state index contributed by atoms with van der Waals surface area (Å²) < 4.78 is 36.0. The molecule has 36 heavy (non-hydrogen) atoms. The number of amides is 2. The minimum Gasteiger partial charge on any atom is -0.380 e. The lowest BCUT2D eigenvalue weighted by Crippen LogP contribution is -2.42. The van der Waals surface area contributed by atoms with Crippen LogP contribution in [0.2, 0.25) is 19.6 Å². The van der Waals surface area contributed by atoms with Gasteiger partial charge in [0, 0.05) is 42.5 Å². The summed E-state index contributed by atoms with van der Waals surface area (Å²) in [6, 6.07) is 10.5. The van der Waals surface area contributed by atoms with Gasteiger partial charge in [-0.05, 0) is 23.3 Å². The third-order valence-electron chi connectivity index (χ3n) is 5.44. The maximum Gasteiger partial charge on any atom is 0.251 e. The number of pyridine rings is 1. The van der Waals surface area contributed by atoms with E-state index in [2.05, 4.69) is 10.6 Å². The number of anilines is 1. The lowest BCUT2D eigenvalue weighted by atomic mass is 10.0. The number of rotatable bonds is 9. The van der Waals surface area contributed by atoms with Crippen molar-refractivity contribution in [1.82, 2.24) is 9.88 Å². The second-order valence-corrected chi connectivity index (χ2v) is 14.4. The second kappa shape index (κ2) is 11.4.